The number of fused-ring (bicyclic) bond motifs is 2. The number of H-pyrrole nitrogens is 2. The van der Waals surface area contributed by atoms with Crippen molar-refractivity contribution in [1.29, 1.82) is 0 Å². The molecule has 0 unspecified atom stereocenters. The summed E-state index contributed by atoms with van der Waals surface area (Å²) in [5.41, 5.74) is 3.66. The van der Waals surface area contributed by atoms with E-state index in [2.05, 4.69) is 22.1 Å². The monoisotopic (exact) mass is 264 g/mol. The molecule has 0 aliphatic heterocycles. The molecule has 2 aromatic carbocycles. The summed E-state index contributed by atoms with van der Waals surface area (Å²) in [4.78, 5) is 6.36. The number of halogens is 1. The fraction of sp³-hybridized carbons (Fsp3) is 0.0588. The highest BCUT2D eigenvalue weighted by Gasteiger charge is 2.10. The molecule has 2 heterocycles. The van der Waals surface area contributed by atoms with Crippen LogP contribution in [0.5, 0.6) is 0 Å². The molecule has 0 fully saturated rings. The first kappa shape index (κ1) is 11.3. The van der Waals surface area contributed by atoms with Crippen molar-refractivity contribution in [3.63, 3.8) is 0 Å². The van der Waals surface area contributed by atoms with Crippen molar-refractivity contribution in [1.82, 2.24) is 9.97 Å². The van der Waals surface area contributed by atoms with Crippen LogP contribution in [0.2, 0.25) is 0 Å². The lowest BCUT2D eigenvalue weighted by Gasteiger charge is -2.03. The van der Waals surface area contributed by atoms with E-state index in [4.69, 9.17) is 0 Å². The zero-order valence-corrected chi connectivity index (χ0v) is 10.8. The van der Waals surface area contributed by atoms with Crippen molar-refractivity contribution in [2.45, 2.75) is 6.42 Å². The summed E-state index contributed by atoms with van der Waals surface area (Å²) in [6.07, 6.45) is 2.34. The van der Waals surface area contributed by atoms with Crippen LogP contribution in [0.4, 0.5) is 4.39 Å². The smallest absolute Gasteiger partial charge is 0.136 e. The van der Waals surface area contributed by atoms with Gasteiger partial charge in [-0.05, 0) is 35.2 Å². The van der Waals surface area contributed by atoms with E-state index >= 15 is 0 Å². The van der Waals surface area contributed by atoms with Gasteiger partial charge < -0.3 is 9.97 Å². The van der Waals surface area contributed by atoms with E-state index in [9.17, 15) is 4.39 Å². The van der Waals surface area contributed by atoms with Crippen LogP contribution >= 0.6 is 0 Å². The summed E-state index contributed by atoms with van der Waals surface area (Å²) in [6, 6.07) is 15.7. The SMILES string of the molecule is Fc1c(Cc2cc3ccccc3[nH]2)ccc2[nH]ccc12. The molecular weight excluding hydrogens is 251 g/mol. The highest BCUT2D eigenvalue weighted by Crippen LogP contribution is 2.23. The number of nitrogens with one attached hydrogen (secondary N) is 2. The maximum Gasteiger partial charge on any atom is 0.136 e. The van der Waals surface area contributed by atoms with Crippen LogP contribution in [-0.4, -0.2) is 9.97 Å². The fourth-order valence-corrected chi connectivity index (χ4v) is 2.71. The number of para-hydroxylation sites is 1. The molecule has 4 rings (SSSR count). The van der Waals surface area contributed by atoms with Gasteiger partial charge in [0.25, 0.3) is 0 Å². The van der Waals surface area contributed by atoms with Gasteiger partial charge in [-0.3, -0.25) is 0 Å². The number of aromatic amines is 2. The van der Waals surface area contributed by atoms with Crippen LogP contribution in [0.1, 0.15) is 11.3 Å². The van der Waals surface area contributed by atoms with Crippen molar-refractivity contribution in [3.05, 3.63) is 71.8 Å². The molecule has 0 atom stereocenters. The van der Waals surface area contributed by atoms with Crippen LogP contribution < -0.4 is 0 Å². The van der Waals surface area contributed by atoms with Crippen molar-refractivity contribution in [2.24, 2.45) is 0 Å². The van der Waals surface area contributed by atoms with E-state index in [0.29, 0.717) is 17.4 Å². The molecule has 0 spiro atoms. The lowest BCUT2D eigenvalue weighted by molar-refractivity contribution is 0.625. The Kier molecular flexibility index (Phi) is 2.39. The second-order valence-electron chi connectivity index (χ2n) is 5.04. The van der Waals surface area contributed by atoms with Gasteiger partial charge in [0.15, 0.2) is 0 Å². The Morgan fingerprint density at radius 3 is 2.75 bits per heavy atom. The minimum Gasteiger partial charge on any atom is -0.361 e. The summed E-state index contributed by atoms with van der Waals surface area (Å²) in [5, 5.41) is 1.81. The average molecular weight is 264 g/mol. The number of hydrogen-bond donors (Lipinski definition) is 2. The first-order valence-electron chi connectivity index (χ1n) is 6.62. The molecule has 3 heteroatoms. The molecule has 0 saturated carbocycles. The topological polar surface area (TPSA) is 31.6 Å². The molecule has 98 valence electrons. The van der Waals surface area contributed by atoms with Crippen molar-refractivity contribution in [3.8, 4) is 0 Å². The van der Waals surface area contributed by atoms with E-state index in [1.807, 2.05) is 30.3 Å². The Morgan fingerprint density at radius 2 is 1.85 bits per heavy atom. The van der Waals surface area contributed by atoms with Crippen molar-refractivity contribution < 1.29 is 4.39 Å². The van der Waals surface area contributed by atoms with E-state index in [0.717, 1.165) is 22.1 Å². The van der Waals surface area contributed by atoms with Gasteiger partial charge in [0.05, 0.1) is 0 Å². The molecule has 0 bridgehead atoms. The summed E-state index contributed by atoms with van der Waals surface area (Å²) in [7, 11) is 0. The zero-order valence-electron chi connectivity index (χ0n) is 10.8. The molecule has 0 saturated heterocycles. The lowest BCUT2D eigenvalue weighted by atomic mass is 10.1. The minimum absolute atomic E-state index is 0.137. The Hall–Kier alpha value is -2.55. The van der Waals surface area contributed by atoms with Gasteiger partial charge in [0.1, 0.15) is 5.82 Å². The number of benzene rings is 2. The van der Waals surface area contributed by atoms with E-state index < -0.39 is 0 Å². The van der Waals surface area contributed by atoms with Crippen LogP contribution in [0.3, 0.4) is 0 Å². The highest BCUT2D eigenvalue weighted by atomic mass is 19.1. The Labute approximate surface area is 115 Å². The lowest BCUT2D eigenvalue weighted by Crippen LogP contribution is -1.93. The molecular formula is C17H13FN2. The van der Waals surface area contributed by atoms with E-state index in [-0.39, 0.29) is 5.82 Å². The van der Waals surface area contributed by atoms with Gasteiger partial charge in [-0.1, -0.05) is 24.3 Å². The first-order chi connectivity index (χ1) is 9.81. The normalized spacial score (nSPS) is 11.4. The number of rotatable bonds is 2. The van der Waals surface area contributed by atoms with Gasteiger partial charge in [0.2, 0.25) is 0 Å². The largest absolute Gasteiger partial charge is 0.361 e. The van der Waals surface area contributed by atoms with E-state index in [1.165, 1.54) is 0 Å². The molecule has 0 aliphatic rings. The highest BCUT2D eigenvalue weighted by molar-refractivity contribution is 5.82. The average Bonchev–Trinajstić information content (AvgIpc) is 3.08. The van der Waals surface area contributed by atoms with Gasteiger partial charge in [-0.15, -0.1) is 0 Å². The summed E-state index contributed by atoms with van der Waals surface area (Å²) >= 11 is 0. The van der Waals surface area contributed by atoms with Gasteiger partial charge in [-0.25, -0.2) is 4.39 Å². The van der Waals surface area contributed by atoms with Gasteiger partial charge in [0, 0.05) is 34.7 Å². The standard InChI is InChI=1S/C17H13FN2/c18-17-12(5-6-16-14(17)7-8-19-16)10-13-9-11-3-1-2-4-15(11)20-13/h1-9,19-20H,10H2. The predicted molar refractivity (Wildman–Crippen MR) is 79.4 cm³/mol. The minimum atomic E-state index is -0.137. The van der Waals surface area contributed by atoms with Crippen LogP contribution in [-0.2, 0) is 6.42 Å². The van der Waals surface area contributed by atoms with Crippen LogP contribution in [0.15, 0.2) is 54.7 Å². The molecule has 4 aromatic rings. The third-order valence-corrected chi connectivity index (χ3v) is 3.72. The maximum atomic E-state index is 14.4. The maximum absolute atomic E-state index is 14.4. The summed E-state index contributed by atoms with van der Waals surface area (Å²) < 4.78 is 14.4. The Morgan fingerprint density at radius 1 is 0.950 bits per heavy atom. The predicted octanol–water partition coefficient (Wildman–Crippen LogP) is 4.38. The quantitative estimate of drug-likeness (QED) is 0.538. The van der Waals surface area contributed by atoms with Crippen LogP contribution in [0, 0.1) is 5.82 Å². The first-order valence-corrected chi connectivity index (χ1v) is 6.62. The summed E-state index contributed by atoms with van der Waals surface area (Å²) in [6.45, 7) is 0. The second-order valence-corrected chi connectivity index (χ2v) is 5.04. The third kappa shape index (κ3) is 1.71. The molecule has 0 aliphatic carbocycles. The zero-order chi connectivity index (χ0) is 13.5. The number of hydrogen-bond acceptors (Lipinski definition) is 0. The van der Waals surface area contributed by atoms with E-state index in [1.54, 1.807) is 12.3 Å². The molecule has 0 amide bonds. The Bertz CT molecular complexity index is 869. The summed E-state index contributed by atoms with van der Waals surface area (Å²) in [5.74, 6) is -0.137. The van der Waals surface area contributed by atoms with Crippen LogP contribution in [0.25, 0.3) is 21.8 Å². The molecule has 2 N–H and O–H groups in total. The fourth-order valence-electron chi connectivity index (χ4n) is 2.71. The Balaban J connectivity index is 1.78. The molecule has 2 aromatic heterocycles. The molecule has 20 heavy (non-hydrogen) atoms. The second kappa shape index (κ2) is 4.23. The van der Waals surface area contributed by atoms with Crippen molar-refractivity contribution >= 4 is 21.8 Å². The number of aromatic nitrogens is 2. The third-order valence-electron chi connectivity index (χ3n) is 3.72. The van der Waals surface area contributed by atoms with Gasteiger partial charge >= 0.3 is 0 Å². The molecule has 0 radical (unpaired) electrons. The van der Waals surface area contributed by atoms with Crippen molar-refractivity contribution in [2.75, 3.05) is 0 Å². The van der Waals surface area contributed by atoms with Gasteiger partial charge in [-0.2, -0.15) is 0 Å². The molecule has 2 nitrogen and oxygen atoms in total.